The summed E-state index contributed by atoms with van der Waals surface area (Å²) < 4.78 is 24.4. The molecule has 0 aromatic heterocycles. The Morgan fingerprint density at radius 2 is 2.25 bits per heavy atom. The molecule has 1 atom stereocenters. The maximum absolute atomic E-state index is 12.2. The van der Waals surface area contributed by atoms with Crippen LogP contribution in [0.25, 0.3) is 0 Å². The van der Waals surface area contributed by atoms with E-state index >= 15 is 0 Å². The van der Waals surface area contributed by atoms with Gasteiger partial charge in [-0.2, -0.15) is 5.26 Å². The highest BCUT2D eigenvalue weighted by Crippen LogP contribution is 2.15. The molecule has 0 saturated carbocycles. The molecule has 0 rings (SSSR count). The van der Waals surface area contributed by atoms with Crippen LogP contribution in [0.15, 0.2) is 0 Å². The first kappa shape index (κ1) is 10.8. The molecule has 0 aliphatic carbocycles. The van der Waals surface area contributed by atoms with E-state index in [4.69, 9.17) is 5.26 Å². The molecule has 1 N–H and O–H groups in total. The van der Waals surface area contributed by atoms with E-state index in [1.807, 2.05) is 0 Å². The second kappa shape index (κ2) is 4.00. The minimum absolute atomic E-state index is 0.656. The Morgan fingerprint density at radius 3 is 2.58 bits per heavy atom. The Hall–Kier alpha value is -1.18. The van der Waals surface area contributed by atoms with Crippen molar-refractivity contribution < 1.29 is 13.6 Å². The van der Waals surface area contributed by atoms with Crippen LogP contribution in [0.1, 0.15) is 20.3 Å². The van der Waals surface area contributed by atoms with Gasteiger partial charge in [-0.15, -0.1) is 0 Å². The Labute approximate surface area is 69.4 Å². The van der Waals surface area contributed by atoms with Crippen LogP contribution in [0.4, 0.5) is 8.78 Å². The molecule has 68 valence electrons. The number of carbonyl (C=O) groups is 1. The fourth-order valence-corrected chi connectivity index (χ4v) is 0.607. The van der Waals surface area contributed by atoms with Crippen molar-refractivity contribution in [1.29, 1.82) is 5.26 Å². The van der Waals surface area contributed by atoms with Gasteiger partial charge in [0.2, 0.25) is 5.91 Å². The Morgan fingerprint density at radius 1 is 1.75 bits per heavy atom. The molecule has 0 spiro atoms. The molecule has 1 amide bonds. The van der Waals surface area contributed by atoms with Crippen LogP contribution in [0.3, 0.4) is 0 Å². The number of hydrogen-bond acceptors (Lipinski definition) is 2. The Balaban J connectivity index is 3.85. The van der Waals surface area contributed by atoms with Gasteiger partial charge in [0, 0.05) is 0 Å². The van der Waals surface area contributed by atoms with E-state index in [0.29, 0.717) is 6.92 Å². The van der Waals surface area contributed by atoms with Gasteiger partial charge in [0.05, 0.1) is 12.5 Å². The van der Waals surface area contributed by atoms with Gasteiger partial charge in [0.15, 0.2) is 0 Å². The number of halogens is 2. The molecule has 0 bridgehead atoms. The average Bonchev–Trinajstić information content (AvgIpc) is 1.82. The highest BCUT2D eigenvalue weighted by Gasteiger charge is 2.25. The predicted octanol–water partition coefficient (Wildman–Crippen LogP) is 1.06. The van der Waals surface area contributed by atoms with Crippen LogP contribution < -0.4 is 5.32 Å². The Bertz CT molecular complexity index is 204. The molecule has 0 saturated heterocycles. The van der Waals surface area contributed by atoms with Crippen molar-refractivity contribution >= 4 is 5.91 Å². The number of rotatable bonds is 3. The molecule has 0 unspecified atom stereocenters. The number of carbonyl (C=O) groups excluding carboxylic acids is 1. The van der Waals surface area contributed by atoms with Crippen LogP contribution in [-0.4, -0.2) is 17.9 Å². The fraction of sp³-hybridized carbons (Fsp3) is 0.714. The van der Waals surface area contributed by atoms with Gasteiger partial charge >= 0.3 is 0 Å². The molecule has 0 aromatic rings. The first-order valence-corrected chi connectivity index (χ1v) is 3.42. The first-order chi connectivity index (χ1) is 5.35. The number of hydrogen-bond donors (Lipinski definition) is 1. The molecular weight excluding hydrogens is 166 g/mol. The first-order valence-electron chi connectivity index (χ1n) is 3.42. The largest absolute Gasteiger partial charge is 0.340 e. The van der Waals surface area contributed by atoms with Gasteiger partial charge in [0.25, 0.3) is 5.92 Å². The van der Waals surface area contributed by atoms with Gasteiger partial charge in [0.1, 0.15) is 6.04 Å². The van der Waals surface area contributed by atoms with E-state index in [1.165, 1.54) is 6.92 Å². The summed E-state index contributed by atoms with van der Waals surface area (Å²) in [6.07, 6.45) is -0.876. The SMILES string of the molecule is C[C@@H](C#N)NC(=O)CC(C)(F)F. The topological polar surface area (TPSA) is 52.9 Å². The zero-order valence-electron chi connectivity index (χ0n) is 6.90. The second-order valence-electron chi connectivity index (χ2n) is 2.67. The molecule has 0 fully saturated rings. The average molecular weight is 176 g/mol. The van der Waals surface area contributed by atoms with Crippen molar-refractivity contribution in [1.82, 2.24) is 5.32 Å². The summed E-state index contributed by atoms with van der Waals surface area (Å²) in [6, 6.07) is 0.982. The third-order valence-electron chi connectivity index (χ3n) is 1.04. The predicted molar refractivity (Wildman–Crippen MR) is 38.5 cm³/mol. The van der Waals surface area contributed by atoms with E-state index in [1.54, 1.807) is 6.07 Å². The van der Waals surface area contributed by atoms with Crippen LogP contribution in [0.2, 0.25) is 0 Å². The molecular formula is C7H10F2N2O. The normalized spacial score (nSPS) is 13.2. The van der Waals surface area contributed by atoms with Crippen LogP contribution in [0, 0.1) is 11.3 Å². The van der Waals surface area contributed by atoms with Crippen molar-refractivity contribution in [3.05, 3.63) is 0 Å². The molecule has 0 aromatic carbocycles. The number of nitrogens with one attached hydrogen (secondary N) is 1. The number of amides is 1. The zero-order chi connectivity index (χ0) is 9.78. The van der Waals surface area contributed by atoms with E-state index in [9.17, 15) is 13.6 Å². The number of nitriles is 1. The maximum atomic E-state index is 12.2. The van der Waals surface area contributed by atoms with Crippen molar-refractivity contribution in [2.45, 2.75) is 32.2 Å². The van der Waals surface area contributed by atoms with Gasteiger partial charge in [-0.1, -0.05) is 0 Å². The quantitative estimate of drug-likeness (QED) is 0.699. The molecule has 0 aliphatic heterocycles. The molecule has 5 heteroatoms. The summed E-state index contributed by atoms with van der Waals surface area (Å²) in [5.74, 6) is -3.82. The minimum atomic E-state index is -3.01. The molecule has 0 radical (unpaired) electrons. The molecule has 0 aliphatic rings. The van der Waals surface area contributed by atoms with Crippen LogP contribution in [0.5, 0.6) is 0 Å². The monoisotopic (exact) mass is 176 g/mol. The van der Waals surface area contributed by atoms with Crippen LogP contribution >= 0.6 is 0 Å². The van der Waals surface area contributed by atoms with Gasteiger partial charge in [-0.3, -0.25) is 4.79 Å². The van der Waals surface area contributed by atoms with Gasteiger partial charge in [-0.25, -0.2) is 8.78 Å². The van der Waals surface area contributed by atoms with Crippen molar-refractivity contribution in [2.75, 3.05) is 0 Å². The van der Waals surface area contributed by atoms with E-state index in [2.05, 4.69) is 5.32 Å². The van der Waals surface area contributed by atoms with Crippen LogP contribution in [-0.2, 0) is 4.79 Å². The van der Waals surface area contributed by atoms with E-state index in [0.717, 1.165) is 0 Å². The maximum Gasteiger partial charge on any atom is 0.254 e. The van der Waals surface area contributed by atoms with Crippen molar-refractivity contribution in [2.24, 2.45) is 0 Å². The summed E-state index contributed by atoms with van der Waals surface area (Å²) in [7, 11) is 0. The molecule has 12 heavy (non-hydrogen) atoms. The third-order valence-corrected chi connectivity index (χ3v) is 1.04. The lowest BCUT2D eigenvalue weighted by Gasteiger charge is -2.10. The smallest absolute Gasteiger partial charge is 0.254 e. The highest BCUT2D eigenvalue weighted by atomic mass is 19.3. The van der Waals surface area contributed by atoms with Gasteiger partial charge in [-0.05, 0) is 13.8 Å². The standard InChI is InChI=1S/C7H10F2N2O/c1-5(4-10)11-6(12)3-7(2,8)9/h5H,3H2,1-2H3,(H,11,12)/t5-/m0/s1. The lowest BCUT2D eigenvalue weighted by molar-refractivity contribution is -0.127. The fourth-order valence-electron chi connectivity index (χ4n) is 0.607. The lowest BCUT2D eigenvalue weighted by atomic mass is 10.2. The van der Waals surface area contributed by atoms with Crippen molar-refractivity contribution in [3.63, 3.8) is 0 Å². The molecule has 3 nitrogen and oxygen atoms in total. The summed E-state index contributed by atoms with van der Waals surface area (Å²) in [4.78, 5) is 10.7. The third kappa shape index (κ3) is 5.59. The Kier molecular flexibility index (Phi) is 3.61. The van der Waals surface area contributed by atoms with E-state index < -0.39 is 24.3 Å². The summed E-state index contributed by atoms with van der Waals surface area (Å²) >= 11 is 0. The lowest BCUT2D eigenvalue weighted by Crippen LogP contribution is -2.34. The summed E-state index contributed by atoms with van der Waals surface area (Å²) in [5.41, 5.74) is 0. The van der Waals surface area contributed by atoms with Crippen molar-refractivity contribution in [3.8, 4) is 6.07 Å². The zero-order valence-corrected chi connectivity index (χ0v) is 6.90. The van der Waals surface area contributed by atoms with E-state index in [-0.39, 0.29) is 0 Å². The number of alkyl halides is 2. The van der Waals surface area contributed by atoms with Gasteiger partial charge < -0.3 is 5.32 Å². The number of nitrogens with zero attached hydrogens (tertiary/aromatic N) is 1. The highest BCUT2D eigenvalue weighted by molar-refractivity contribution is 5.77. The second-order valence-corrected chi connectivity index (χ2v) is 2.67. The molecule has 0 heterocycles. The summed E-state index contributed by atoms with van der Waals surface area (Å²) in [5, 5.41) is 10.3. The minimum Gasteiger partial charge on any atom is -0.340 e. The summed E-state index contributed by atoms with van der Waals surface area (Å²) in [6.45, 7) is 2.08.